The molecule has 2 heterocycles. The van der Waals surface area contributed by atoms with Crippen LogP contribution in [-0.4, -0.2) is 19.2 Å². The molecule has 138 valence electrons. The lowest BCUT2D eigenvalue weighted by atomic mass is 10.2. The normalized spacial score (nSPS) is 11.8. The largest absolute Gasteiger partial charge is 0.459 e. The number of furan rings is 1. The van der Waals surface area contributed by atoms with Crippen molar-refractivity contribution in [2.75, 3.05) is 5.75 Å². The summed E-state index contributed by atoms with van der Waals surface area (Å²) in [7, 11) is -3.77. The summed E-state index contributed by atoms with van der Waals surface area (Å²) in [5, 5.41) is 0.266. The number of aromatic nitrogens is 1. The summed E-state index contributed by atoms with van der Waals surface area (Å²) in [5.74, 6) is 1.36. The minimum Gasteiger partial charge on any atom is -0.459 e. The fourth-order valence-corrected chi connectivity index (χ4v) is 4.93. The van der Waals surface area contributed by atoms with Crippen LogP contribution in [-0.2, 0) is 9.84 Å². The van der Waals surface area contributed by atoms with E-state index in [0.29, 0.717) is 10.9 Å². The van der Waals surface area contributed by atoms with Gasteiger partial charge in [-0.05, 0) is 37.6 Å². The van der Waals surface area contributed by atoms with Gasteiger partial charge < -0.3 is 8.83 Å². The number of unbranched alkanes of at least 4 members (excludes halogenated alkanes) is 2. The zero-order chi connectivity index (χ0) is 18.6. The lowest BCUT2D eigenvalue weighted by Gasteiger charge is -2.04. The molecule has 2 aromatic heterocycles. The van der Waals surface area contributed by atoms with Crippen molar-refractivity contribution in [2.45, 2.75) is 48.1 Å². The van der Waals surface area contributed by atoms with Gasteiger partial charge in [0.05, 0.1) is 11.2 Å². The van der Waals surface area contributed by atoms with E-state index in [1.807, 2.05) is 6.92 Å². The van der Waals surface area contributed by atoms with Crippen molar-refractivity contribution in [3.63, 3.8) is 0 Å². The molecule has 0 saturated carbocycles. The van der Waals surface area contributed by atoms with Gasteiger partial charge in [0, 0.05) is 5.75 Å². The number of hydrogen-bond acceptors (Lipinski definition) is 6. The maximum absolute atomic E-state index is 13.1. The Bertz CT molecular complexity index is 942. The molecule has 0 N–H and O–H groups in total. The van der Waals surface area contributed by atoms with E-state index in [1.165, 1.54) is 18.0 Å². The molecule has 7 heteroatoms. The van der Waals surface area contributed by atoms with Gasteiger partial charge in [-0.3, -0.25) is 0 Å². The molecule has 0 fully saturated rings. The molecule has 1 aromatic carbocycles. The molecular weight excluding hydrogens is 370 g/mol. The van der Waals surface area contributed by atoms with Gasteiger partial charge in [-0.15, -0.1) is 0 Å². The monoisotopic (exact) mass is 391 g/mol. The number of hydrogen-bond donors (Lipinski definition) is 0. The van der Waals surface area contributed by atoms with Crippen molar-refractivity contribution in [3.05, 3.63) is 48.2 Å². The molecule has 0 aliphatic heterocycles. The van der Waals surface area contributed by atoms with Crippen LogP contribution in [0.2, 0.25) is 0 Å². The zero-order valence-corrected chi connectivity index (χ0v) is 16.4. The average molecular weight is 392 g/mol. The van der Waals surface area contributed by atoms with Crippen LogP contribution in [0, 0.1) is 6.92 Å². The number of thioether (sulfide) groups is 1. The first kappa shape index (κ1) is 18.8. The Morgan fingerprint density at radius 1 is 1.12 bits per heavy atom. The summed E-state index contributed by atoms with van der Waals surface area (Å²) in [5.41, 5.74) is 0.995. The predicted octanol–water partition coefficient (Wildman–Crippen LogP) is 5.36. The van der Waals surface area contributed by atoms with Crippen LogP contribution in [0.1, 0.15) is 31.7 Å². The van der Waals surface area contributed by atoms with E-state index < -0.39 is 9.84 Å². The van der Waals surface area contributed by atoms with Gasteiger partial charge in [-0.2, -0.15) is 4.98 Å². The fraction of sp³-hybridized carbons (Fsp3) is 0.316. The lowest BCUT2D eigenvalue weighted by molar-refractivity contribution is 0.451. The van der Waals surface area contributed by atoms with Crippen LogP contribution in [0.4, 0.5) is 0 Å². The molecule has 0 saturated heterocycles. The third kappa shape index (κ3) is 4.04. The van der Waals surface area contributed by atoms with Crippen molar-refractivity contribution < 1.29 is 17.3 Å². The molecule has 0 unspecified atom stereocenters. The molecule has 0 atom stereocenters. The first-order chi connectivity index (χ1) is 12.5. The van der Waals surface area contributed by atoms with Gasteiger partial charge in [-0.25, -0.2) is 8.42 Å². The quantitative estimate of drug-likeness (QED) is 0.380. The Kier molecular flexibility index (Phi) is 5.88. The molecule has 0 aliphatic carbocycles. The second kappa shape index (κ2) is 8.14. The Hall–Kier alpha value is -1.99. The number of oxazole rings is 1. The summed E-state index contributed by atoms with van der Waals surface area (Å²) in [6.45, 7) is 4.04. The summed E-state index contributed by atoms with van der Waals surface area (Å²) < 4.78 is 37.2. The van der Waals surface area contributed by atoms with Crippen molar-refractivity contribution in [1.29, 1.82) is 0 Å². The molecule has 0 radical (unpaired) electrons. The molecule has 3 aromatic rings. The Balaban J connectivity index is 1.99. The lowest BCUT2D eigenvalue weighted by Crippen LogP contribution is -2.04. The van der Waals surface area contributed by atoms with E-state index in [-0.39, 0.29) is 15.8 Å². The maximum Gasteiger partial charge on any atom is 0.265 e. The van der Waals surface area contributed by atoms with Crippen LogP contribution in [0.25, 0.3) is 11.7 Å². The van der Waals surface area contributed by atoms with Crippen LogP contribution in [0.3, 0.4) is 0 Å². The first-order valence-corrected chi connectivity index (χ1v) is 11.0. The maximum atomic E-state index is 13.1. The third-order valence-electron chi connectivity index (χ3n) is 3.87. The van der Waals surface area contributed by atoms with E-state index >= 15 is 0 Å². The van der Waals surface area contributed by atoms with Gasteiger partial charge in [0.2, 0.25) is 20.0 Å². The standard InChI is InChI=1S/C19H21NO4S2/c1-3-4-5-13-25-19-18(20-17(24-19)16-7-6-12-23-16)26(21,22)15-10-8-14(2)9-11-15/h6-12H,3-5,13H2,1-2H3. The Morgan fingerprint density at radius 2 is 1.88 bits per heavy atom. The number of sulfone groups is 1. The van der Waals surface area contributed by atoms with E-state index in [4.69, 9.17) is 8.83 Å². The van der Waals surface area contributed by atoms with Crippen LogP contribution in [0.5, 0.6) is 0 Å². The van der Waals surface area contributed by atoms with E-state index in [9.17, 15) is 8.42 Å². The number of aryl methyl sites for hydroxylation is 1. The summed E-state index contributed by atoms with van der Waals surface area (Å²) >= 11 is 1.38. The van der Waals surface area contributed by atoms with Gasteiger partial charge >= 0.3 is 0 Å². The zero-order valence-electron chi connectivity index (χ0n) is 14.8. The molecule has 3 rings (SSSR count). The topological polar surface area (TPSA) is 73.3 Å². The number of benzene rings is 1. The minimum atomic E-state index is -3.77. The summed E-state index contributed by atoms with van der Waals surface area (Å²) in [6, 6.07) is 10.1. The second-order valence-corrected chi connectivity index (χ2v) is 8.89. The van der Waals surface area contributed by atoms with Crippen LogP contribution < -0.4 is 0 Å². The molecule has 26 heavy (non-hydrogen) atoms. The Labute approximate surface area is 157 Å². The van der Waals surface area contributed by atoms with Crippen molar-refractivity contribution in [3.8, 4) is 11.7 Å². The van der Waals surface area contributed by atoms with Gasteiger partial charge in [0.1, 0.15) is 0 Å². The van der Waals surface area contributed by atoms with Crippen molar-refractivity contribution >= 4 is 21.6 Å². The first-order valence-electron chi connectivity index (χ1n) is 8.51. The molecule has 0 amide bonds. The SMILES string of the molecule is CCCCCSc1oc(-c2ccco2)nc1S(=O)(=O)c1ccc(C)cc1. The third-order valence-corrected chi connectivity index (χ3v) is 6.71. The van der Waals surface area contributed by atoms with Gasteiger partial charge in [-0.1, -0.05) is 49.2 Å². The smallest absolute Gasteiger partial charge is 0.265 e. The average Bonchev–Trinajstić information content (AvgIpc) is 3.29. The molecule has 0 aliphatic rings. The number of nitrogens with zero attached hydrogens (tertiary/aromatic N) is 1. The fourth-order valence-electron chi connectivity index (χ4n) is 2.40. The van der Waals surface area contributed by atoms with E-state index in [2.05, 4.69) is 11.9 Å². The highest BCUT2D eigenvalue weighted by molar-refractivity contribution is 8.00. The predicted molar refractivity (Wildman–Crippen MR) is 101 cm³/mol. The van der Waals surface area contributed by atoms with E-state index in [1.54, 1.807) is 36.4 Å². The molecule has 5 nitrogen and oxygen atoms in total. The Morgan fingerprint density at radius 3 is 2.54 bits per heavy atom. The highest BCUT2D eigenvalue weighted by Gasteiger charge is 2.29. The van der Waals surface area contributed by atoms with Crippen LogP contribution in [0.15, 0.2) is 66.5 Å². The van der Waals surface area contributed by atoms with E-state index in [0.717, 1.165) is 30.6 Å². The highest BCUT2D eigenvalue weighted by atomic mass is 32.2. The molecule has 0 bridgehead atoms. The summed E-state index contributed by atoms with van der Waals surface area (Å²) in [4.78, 5) is 4.46. The highest BCUT2D eigenvalue weighted by Crippen LogP contribution is 2.35. The summed E-state index contributed by atoms with van der Waals surface area (Å²) in [6.07, 6.45) is 4.68. The molecule has 0 spiro atoms. The van der Waals surface area contributed by atoms with Gasteiger partial charge in [0.25, 0.3) is 5.89 Å². The second-order valence-electron chi connectivity index (χ2n) is 5.96. The van der Waals surface area contributed by atoms with Crippen molar-refractivity contribution in [2.24, 2.45) is 0 Å². The number of rotatable bonds is 8. The van der Waals surface area contributed by atoms with Gasteiger partial charge in [0.15, 0.2) is 5.76 Å². The van der Waals surface area contributed by atoms with Crippen molar-refractivity contribution in [1.82, 2.24) is 4.98 Å². The van der Waals surface area contributed by atoms with Crippen LogP contribution >= 0.6 is 11.8 Å². The molecular formula is C19H21NO4S2. The minimum absolute atomic E-state index is 0.0470.